The largest absolute Gasteiger partial charge is 0.497 e. The van der Waals surface area contributed by atoms with E-state index in [9.17, 15) is 4.79 Å². The lowest BCUT2D eigenvalue weighted by atomic mass is 10.0. The van der Waals surface area contributed by atoms with Crippen LogP contribution in [0.4, 0.5) is 5.69 Å². The Balaban J connectivity index is 1.26. The summed E-state index contributed by atoms with van der Waals surface area (Å²) in [6.45, 7) is 6.53. The summed E-state index contributed by atoms with van der Waals surface area (Å²) in [5.74, 6) is 3.34. The monoisotopic (exact) mass is 497 g/mol. The zero-order valence-corrected chi connectivity index (χ0v) is 21.9. The van der Waals surface area contributed by atoms with Crippen LogP contribution in [0.5, 0.6) is 11.5 Å². The summed E-state index contributed by atoms with van der Waals surface area (Å²) in [6, 6.07) is 24.3. The lowest BCUT2D eigenvalue weighted by molar-refractivity contribution is -0.117. The van der Waals surface area contributed by atoms with Crippen molar-refractivity contribution >= 4 is 22.6 Å². The molecule has 5 rings (SSSR count). The Hall–Kier alpha value is -3.80. The molecule has 1 aliphatic rings. The molecular weight excluding hydrogens is 462 g/mol. The zero-order valence-electron chi connectivity index (χ0n) is 21.9. The molecule has 1 atom stereocenters. The maximum atomic E-state index is 13.0. The van der Waals surface area contributed by atoms with Crippen LogP contribution in [0.15, 0.2) is 72.8 Å². The quantitative estimate of drug-likeness (QED) is 0.233. The lowest BCUT2D eigenvalue weighted by Crippen LogP contribution is -2.24. The van der Waals surface area contributed by atoms with Crippen LogP contribution < -0.4 is 14.4 Å². The molecule has 37 heavy (non-hydrogen) atoms. The number of unbranched alkanes of at least 4 members (excludes halogenated alkanes) is 1. The highest BCUT2D eigenvalue weighted by Gasteiger charge is 2.35. The molecule has 1 aliphatic heterocycles. The minimum atomic E-state index is 0.0434. The Morgan fingerprint density at radius 2 is 1.78 bits per heavy atom. The van der Waals surface area contributed by atoms with Crippen molar-refractivity contribution < 1.29 is 14.3 Å². The van der Waals surface area contributed by atoms with E-state index in [0.29, 0.717) is 25.5 Å². The molecule has 0 saturated carbocycles. The van der Waals surface area contributed by atoms with Crippen molar-refractivity contribution in [2.75, 3.05) is 25.2 Å². The molecule has 0 aliphatic carbocycles. The molecule has 1 fully saturated rings. The summed E-state index contributed by atoms with van der Waals surface area (Å²) in [5.41, 5.74) is 4.29. The zero-order chi connectivity index (χ0) is 25.8. The van der Waals surface area contributed by atoms with Gasteiger partial charge in [0.2, 0.25) is 5.91 Å². The number of carbonyl (C=O) groups is 1. The third kappa shape index (κ3) is 5.48. The molecule has 192 valence electrons. The van der Waals surface area contributed by atoms with E-state index in [0.717, 1.165) is 53.4 Å². The number of aryl methyl sites for hydroxylation is 1. The van der Waals surface area contributed by atoms with Crippen molar-refractivity contribution in [2.45, 2.75) is 51.5 Å². The fourth-order valence-electron chi connectivity index (χ4n) is 5.06. The molecular formula is C31H35N3O3. The Morgan fingerprint density at radius 1 is 0.973 bits per heavy atom. The number of para-hydroxylation sites is 2. The van der Waals surface area contributed by atoms with Crippen molar-refractivity contribution in [3.05, 3.63) is 84.2 Å². The summed E-state index contributed by atoms with van der Waals surface area (Å²) in [5, 5.41) is 0. The highest BCUT2D eigenvalue weighted by Crippen LogP contribution is 2.34. The maximum Gasteiger partial charge on any atom is 0.227 e. The number of methoxy groups -OCH3 is 1. The number of carbonyl (C=O) groups excluding carboxylic acids is 1. The molecule has 0 bridgehead atoms. The number of hydrogen-bond acceptors (Lipinski definition) is 4. The fraction of sp³-hybridized carbons (Fsp3) is 0.355. The van der Waals surface area contributed by atoms with Gasteiger partial charge in [0.05, 0.1) is 24.8 Å². The first-order valence-electron chi connectivity index (χ1n) is 13.2. The molecule has 3 aromatic carbocycles. The first-order valence-corrected chi connectivity index (χ1v) is 13.2. The molecule has 0 N–H and O–H groups in total. The Kier molecular flexibility index (Phi) is 7.45. The number of anilines is 1. The van der Waals surface area contributed by atoms with Crippen LogP contribution in [0.3, 0.4) is 0 Å². The average Bonchev–Trinajstić information content (AvgIpc) is 3.49. The number of imidazole rings is 1. The summed E-state index contributed by atoms with van der Waals surface area (Å²) < 4.78 is 13.7. The third-order valence-corrected chi connectivity index (χ3v) is 7.13. The number of nitrogens with zero attached hydrogens (tertiary/aromatic N) is 3. The molecule has 1 saturated heterocycles. The summed E-state index contributed by atoms with van der Waals surface area (Å²) in [4.78, 5) is 19.9. The molecule has 1 unspecified atom stereocenters. The number of rotatable bonds is 10. The Morgan fingerprint density at radius 3 is 2.57 bits per heavy atom. The normalized spacial score (nSPS) is 15.6. The standard InChI is InChI=1S/C31H35N3O3/c1-22(2)23-13-15-26(16-14-23)37-18-7-6-17-33-29-12-5-4-11-28(29)32-31(33)24-19-30(35)34(21-24)25-9-8-10-27(20-25)36-3/h4-5,8-16,20,22,24H,6-7,17-19,21H2,1-3H3. The van der Waals surface area contributed by atoms with Crippen LogP contribution in [0.2, 0.25) is 0 Å². The van der Waals surface area contributed by atoms with Gasteiger partial charge in [0.25, 0.3) is 0 Å². The van der Waals surface area contributed by atoms with E-state index in [-0.39, 0.29) is 11.8 Å². The van der Waals surface area contributed by atoms with Gasteiger partial charge in [-0.15, -0.1) is 0 Å². The van der Waals surface area contributed by atoms with Crippen LogP contribution in [-0.4, -0.2) is 35.7 Å². The second-order valence-corrected chi connectivity index (χ2v) is 10.00. The summed E-state index contributed by atoms with van der Waals surface area (Å²) >= 11 is 0. The van der Waals surface area contributed by atoms with E-state index in [1.807, 2.05) is 35.2 Å². The first-order chi connectivity index (χ1) is 18.0. The molecule has 0 radical (unpaired) electrons. The molecule has 4 aromatic rings. The van der Waals surface area contributed by atoms with Crippen LogP contribution in [0.25, 0.3) is 11.0 Å². The van der Waals surface area contributed by atoms with Gasteiger partial charge in [-0.05, 0) is 60.7 Å². The van der Waals surface area contributed by atoms with Crippen molar-refractivity contribution in [1.29, 1.82) is 0 Å². The minimum Gasteiger partial charge on any atom is -0.497 e. The summed E-state index contributed by atoms with van der Waals surface area (Å²) in [6.07, 6.45) is 2.37. The summed E-state index contributed by atoms with van der Waals surface area (Å²) in [7, 11) is 1.64. The van der Waals surface area contributed by atoms with Crippen molar-refractivity contribution in [1.82, 2.24) is 9.55 Å². The van der Waals surface area contributed by atoms with Crippen molar-refractivity contribution in [3.8, 4) is 11.5 Å². The van der Waals surface area contributed by atoms with E-state index in [1.54, 1.807) is 7.11 Å². The van der Waals surface area contributed by atoms with Gasteiger partial charge in [-0.1, -0.05) is 44.2 Å². The van der Waals surface area contributed by atoms with Crippen LogP contribution >= 0.6 is 0 Å². The fourth-order valence-corrected chi connectivity index (χ4v) is 5.06. The van der Waals surface area contributed by atoms with Gasteiger partial charge in [0, 0.05) is 37.2 Å². The van der Waals surface area contributed by atoms with Crippen LogP contribution in [-0.2, 0) is 11.3 Å². The van der Waals surface area contributed by atoms with Crippen molar-refractivity contribution in [2.24, 2.45) is 0 Å². The van der Waals surface area contributed by atoms with Gasteiger partial charge in [0.1, 0.15) is 17.3 Å². The Labute approximate surface area is 218 Å². The molecule has 1 amide bonds. The Bertz CT molecular complexity index is 1360. The average molecular weight is 498 g/mol. The van der Waals surface area contributed by atoms with Gasteiger partial charge < -0.3 is 18.9 Å². The molecule has 6 nitrogen and oxygen atoms in total. The van der Waals surface area contributed by atoms with Gasteiger partial charge in [-0.3, -0.25) is 4.79 Å². The second kappa shape index (κ2) is 11.1. The molecule has 2 heterocycles. The van der Waals surface area contributed by atoms with Crippen molar-refractivity contribution in [3.63, 3.8) is 0 Å². The van der Waals surface area contributed by atoms with Crippen LogP contribution in [0, 0.1) is 0 Å². The van der Waals surface area contributed by atoms with E-state index in [2.05, 4.69) is 60.9 Å². The van der Waals surface area contributed by atoms with Gasteiger partial charge in [-0.2, -0.15) is 0 Å². The number of amides is 1. The highest BCUT2D eigenvalue weighted by molar-refractivity contribution is 5.96. The SMILES string of the molecule is COc1cccc(N2CC(c3nc4ccccc4n3CCCCOc3ccc(C(C)C)cc3)CC2=O)c1. The number of fused-ring (bicyclic) bond motifs is 1. The minimum absolute atomic E-state index is 0.0434. The topological polar surface area (TPSA) is 56.6 Å². The highest BCUT2D eigenvalue weighted by atomic mass is 16.5. The van der Waals surface area contributed by atoms with Gasteiger partial charge >= 0.3 is 0 Å². The first kappa shape index (κ1) is 24.9. The van der Waals surface area contributed by atoms with E-state index < -0.39 is 0 Å². The van der Waals surface area contributed by atoms with E-state index >= 15 is 0 Å². The number of aromatic nitrogens is 2. The van der Waals surface area contributed by atoms with E-state index in [1.165, 1.54) is 5.56 Å². The van der Waals surface area contributed by atoms with Gasteiger partial charge in [0.15, 0.2) is 0 Å². The van der Waals surface area contributed by atoms with E-state index in [4.69, 9.17) is 14.5 Å². The lowest BCUT2D eigenvalue weighted by Gasteiger charge is -2.18. The molecule has 0 spiro atoms. The molecule has 1 aromatic heterocycles. The predicted molar refractivity (Wildman–Crippen MR) is 148 cm³/mol. The number of hydrogen-bond donors (Lipinski definition) is 0. The smallest absolute Gasteiger partial charge is 0.227 e. The third-order valence-electron chi connectivity index (χ3n) is 7.13. The second-order valence-electron chi connectivity index (χ2n) is 10.00. The predicted octanol–water partition coefficient (Wildman–Crippen LogP) is 6.55. The number of benzene rings is 3. The van der Waals surface area contributed by atoms with Gasteiger partial charge in [-0.25, -0.2) is 4.98 Å². The molecule has 6 heteroatoms. The van der Waals surface area contributed by atoms with Crippen LogP contribution in [0.1, 0.15) is 56.3 Å². The number of ether oxygens (including phenoxy) is 2. The maximum absolute atomic E-state index is 13.0.